The Kier molecular flexibility index (Phi) is 6.98. The van der Waals surface area contributed by atoms with E-state index in [0.717, 1.165) is 22.3 Å². The highest BCUT2D eigenvalue weighted by molar-refractivity contribution is 7.90. The maximum atomic E-state index is 12.8. The number of nitrogens with zero attached hydrogens (tertiary/aromatic N) is 1. The highest BCUT2D eigenvalue weighted by Gasteiger charge is 2.43. The van der Waals surface area contributed by atoms with Crippen LogP contribution in [0, 0.1) is 13.8 Å². The summed E-state index contributed by atoms with van der Waals surface area (Å²) >= 11 is 0. The number of hydrogen-bond donors (Lipinski definition) is 0. The number of sulfone groups is 1. The van der Waals surface area contributed by atoms with E-state index < -0.39 is 33.7 Å². The maximum absolute atomic E-state index is 12.8. The van der Waals surface area contributed by atoms with Gasteiger partial charge in [-0.1, -0.05) is 18.2 Å². The zero-order valence-corrected chi connectivity index (χ0v) is 19.0. The Balaban J connectivity index is 1.69. The minimum absolute atomic E-state index is 0.0650. The van der Waals surface area contributed by atoms with Crippen LogP contribution in [0.25, 0.3) is 0 Å². The summed E-state index contributed by atoms with van der Waals surface area (Å²) in [5.74, 6) is -1.89. The van der Waals surface area contributed by atoms with Crippen molar-refractivity contribution in [2.45, 2.75) is 26.3 Å². The van der Waals surface area contributed by atoms with Crippen LogP contribution in [-0.2, 0) is 19.4 Å². The van der Waals surface area contributed by atoms with E-state index in [4.69, 9.17) is 9.47 Å². The van der Waals surface area contributed by atoms with Crippen LogP contribution >= 0.6 is 0 Å². The predicted octanol–water partition coefficient (Wildman–Crippen LogP) is 2.32. The first-order valence-electron chi connectivity index (χ1n) is 10.1. The molecule has 0 saturated heterocycles. The summed E-state index contributed by atoms with van der Waals surface area (Å²) < 4.78 is 34.2. The van der Waals surface area contributed by atoms with Crippen LogP contribution in [0.4, 0.5) is 0 Å². The molecule has 0 saturated carbocycles. The Bertz CT molecular complexity index is 1100. The monoisotopic (exact) mass is 459 g/mol. The first-order valence-corrected chi connectivity index (χ1v) is 12.2. The third kappa shape index (κ3) is 5.53. The van der Waals surface area contributed by atoms with Gasteiger partial charge in [0.05, 0.1) is 16.9 Å². The molecule has 1 aliphatic rings. The van der Waals surface area contributed by atoms with Crippen molar-refractivity contribution >= 4 is 27.6 Å². The molecule has 170 valence electrons. The van der Waals surface area contributed by atoms with Gasteiger partial charge in [-0.25, -0.2) is 13.2 Å². The average Bonchev–Trinajstić information content (AvgIpc) is 2.95. The SMILES string of the molecule is Cc1cc(C)cc(OCCOC(=O)C(CCS(C)(=O)=O)N2C(=O)c3ccccc3C2=O)c1. The van der Waals surface area contributed by atoms with E-state index in [1.165, 1.54) is 12.1 Å². The molecule has 2 aromatic rings. The second-order valence-electron chi connectivity index (χ2n) is 7.80. The first-order chi connectivity index (χ1) is 15.1. The lowest BCUT2D eigenvalue weighted by molar-refractivity contribution is -0.149. The summed E-state index contributed by atoms with van der Waals surface area (Å²) in [5, 5.41) is 0. The molecule has 8 nitrogen and oxygen atoms in total. The van der Waals surface area contributed by atoms with E-state index in [1.54, 1.807) is 12.1 Å². The molecule has 32 heavy (non-hydrogen) atoms. The van der Waals surface area contributed by atoms with Crippen molar-refractivity contribution in [3.8, 4) is 5.75 Å². The zero-order chi connectivity index (χ0) is 23.5. The maximum Gasteiger partial charge on any atom is 0.329 e. The summed E-state index contributed by atoms with van der Waals surface area (Å²) in [4.78, 5) is 39.1. The minimum Gasteiger partial charge on any atom is -0.490 e. The lowest BCUT2D eigenvalue weighted by Gasteiger charge is -2.24. The molecule has 0 spiro atoms. The third-order valence-corrected chi connectivity index (χ3v) is 5.94. The summed E-state index contributed by atoms with van der Waals surface area (Å²) in [6.45, 7) is 3.82. The van der Waals surface area contributed by atoms with Gasteiger partial charge in [0.2, 0.25) is 0 Å². The number of imide groups is 1. The van der Waals surface area contributed by atoms with Gasteiger partial charge in [0.25, 0.3) is 11.8 Å². The zero-order valence-electron chi connectivity index (χ0n) is 18.2. The van der Waals surface area contributed by atoms with Crippen molar-refractivity contribution in [3.63, 3.8) is 0 Å². The van der Waals surface area contributed by atoms with E-state index in [-0.39, 0.29) is 36.5 Å². The van der Waals surface area contributed by atoms with Crippen LogP contribution in [0.15, 0.2) is 42.5 Å². The lowest BCUT2D eigenvalue weighted by atomic mass is 10.1. The van der Waals surface area contributed by atoms with Crippen LogP contribution < -0.4 is 4.74 Å². The van der Waals surface area contributed by atoms with E-state index in [0.29, 0.717) is 5.75 Å². The number of ether oxygens (including phenoxy) is 2. The molecule has 0 aromatic heterocycles. The number of aryl methyl sites for hydroxylation is 2. The lowest BCUT2D eigenvalue weighted by Crippen LogP contribution is -2.46. The van der Waals surface area contributed by atoms with Gasteiger partial charge in [0.1, 0.15) is 34.8 Å². The number of esters is 1. The molecule has 1 heterocycles. The molecule has 0 fully saturated rings. The van der Waals surface area contributed by atoms with E-state index in [2.05, 4.69) is 0 Å². The van der Waals surface area contributed by atoms with Gasteiger partial charge >= 0.3 is 5.97 Å². The molecule has 0 N–H and O–H groups in total. The fourth-order valence-corrected chi connectivity index (χ4v) is 4.23. The van der Waals surface area contributed by atoms with Gasteiger partial charge < -0.3 is 9.47 Å². The first kappa shape index (κ1) is 23.5. The summed E-state index contributed by atoms with van der Waals surface area (Å²) in [7, 11) is -3.44. The van der Waals surface area contributed by atoms with Crippen LogP contribution in [0.3, 0.4) is 0 Å². The summed E-state index contributed by atoms with van der Waals surface area (Å²) in [6, 6.07) is 10.6. The van der Waals surface area contributed by atoms with Gasteiger partial charge in [0, 0.05) is 6.26 Å². The molecule has 0 radical (unpaired) electrons. The third-order valence-electron chi connectivity index (χ3n) is 4.96. The van der Waals surface area contributed by atoms with Crippen molar-refractivity contribution in [2.24, 2.45) is 0 Å². The predicted molar refractivity (Wildman–Crippen MR) is 117 cm³/mol. The fraction of sp³-hybridized carbons (Fsp3) is 0.348. The fourth-order valence-electron chi connectivity index (χ4n) is 3.58. The van der Waals surface area contributed by atoms with Crippen LogP contribution in [0.2, 0.25) is 0 Å². The molecule has 1 unspecified atom stereocenters. The molecule has 1 aliphatic heterocycles. The molecular formula is C23H25NO7S. The highest BCUT2D eigenvalue weighted by Crippen LogP contribution is 2.26. The van der Waals surface area contributed by atoms with Gasteiger partial charge in [-0.15, -0.1) is 0 Å². The number of benzene rings is 2. The van der Waals surface area contributed by atoms with Gasteiger partial charge in [-0.2, -0.15) is 0 Å². The van der Waals surface area contributed by atoms with Gasteiger partial charge in [0.15, 0.2) is 0 Å². The number of rotatable bonds is 9. The standard InChI is InChI=1S/C23H25NO7S/c1-15-12-16(2)14-17(13-15)30-9-10-31-23(27)20(8-11-32(3,28)29)24-21(25)18-6-4-5-7-19(18)22(24)26/h4-7,12-14,20H,8-11H2,1-3H3. The Morgan fingerprint density at radius 2 is 1.53 bits per heavy atom. The quantitative estimate of drug-likeness (QED) is 0.322. The molecule has 2 aromatic carbocycles. The minimum atomic E-state index is -3.44. The molecule has 0 bridgehead atoms. The summed E-state index contributed by atoms with van der Waals surface area (Å²) in [6.07, 6.45) is 0.774. The smallest absolute Gasteiger partial charge is 0.329 e. The summed E-state index contributed by atoms with van der Waals surface area (Å²) in [5.41, 5.74) is 2.41. The Labute approximate surface area is 187 Å². The molecule has 1 atom stereocenters. The van der Waals surface area contributed by atoms with E-state index in [1.807, 2.05) is 32.0 Å². The van der Waals surface area contributed by atoms with Crippen LogP contribution in [0.5, 0.6) is 5.75 Å². The number of carbonyl (C=O) groups is 3. The van der Waals surface area contributed by atoms with Crippen LogP contribution in [-0.4, -0.2) is 62.4 Å². The normalized spacial score (nSPS) is 14.3. The van der Waals surface area contributed by atoms with Crippen molar-refractivity contribution in [1.29, 1.82) is 0 Å². The number of carbonyl (C=O) groups excluding carboxylic acids is 3. The molecule has 2 amide bonds. The van der Waals surface area contributed by atoms with Gasteiger partial charge in [-0.05, 0) is 55.7 Å². The largest absolute Gasteiger partial charge is 0.490 e. The molecule has 3 rings (SSSR count). The number of hydrogen-bond acceptors (Lipinski definition) is 7. The Morgan fingerprint density at radius 1 is 0.969 bits per heavy atom. The van der Waals surface area contributed by atoms with Crippen molar-refractivity contribution in [3.05, 3.63) is 64.7 Å². The van der Waals surface area contributed by atoms with E-state index >= 15 is 0 Å². The van der Waals surface area contributed by atoms with Crippen molar-refractivity contribution in [2.75, 3.05) is 25.2 Å². The topological polar surface area (TPSA) is 107 Å². The second kappa shape index (κ2) is 9.52. The molecule has 0 aliphatic carbocycles. The highest BCUT2D eigenvalue weighted by atomic mass is 32.2. The Hall–Kier alpha value is -3.20. The van der Waals surface area contributed by atoms with Crippen molar-refractivity contribution in [1.82, 2.24) is 4.90 Å². The number of amides is 2. The molecule has 9 heteroatoms. The Morgan fingerprint density at radius 3 is 2.06 bits per heavy atom. The average molecular weight is 460 g/mol. The number of fused-ring (bicyclic) bond motifs is 1. The van der Waals surface area contributed by atoms with E-state index in [9.17, 15) is 22.8 Å². The van der Waals surface area contributed by atoms with Crippen LogP contribution in [0.1, 0.15) is 38.3 Å². The van der Waals surface area contributed by atoms with Gasteiger partial charge in [-0.3, -0.25) is 14.5 Å². The second-order valence-corrected chi connectivity index (χ2v) is 10.1. The molecular weight excluding hydrogens is 434 g/mol. The van der Waals surface area contributed by atoms with Crippen molar-refractivity contribution < 1.29 is 32.3 Å².